The number of allylic oxidation sites excluding steroid dienone is 3. The summed E-state index contributed by atoms with van der Waals surface area (Å²) in [5.41, 5.74) is 2.09. The normalized spacial score (nSPS) is 30.5. The average molecular weight is 220 g/mol. The Kier molecular flexibility index (Phi) is 5.01. The Labute approximate surface area is 99.6 Å². The lowest BCUT2D eigenvalue weighted by Gasteiger charge is -2.21. The molecule has 0 saturated heterocycles. The minimum absolute atomic E-state index is 0.351. The molecule has 0 aromatic heterocycles. The predicted molar refractivity (Wildman–Crippen MR) is 70.2 cm³/mol. The molecule has 1 aliphatic carbocycles. The van der Waals surface area contributed by atoms with Crippen molar-refractivity contribution in [2.45, 2.75) is 45.6 Å². The second kappa shape index (κ2) is 6.05. The molecule has 16 heavy (non-hydrogen) atoms. The maximum absolute atomic E-state index is 9.88. The van der Waals surface area contributed by atoms with Gasteiger partial charge in [0.05, 0.1) is 6.10 Å². The minimum Gasteiger partial charge on any atom is -0.389 e. The summed E-state index contributed by atoms with van der Waals surface area (Å²) in [7, 11) is 0. The van der Waals surface area contributed by atoms with Crippen molar-refractivity contribution in [3.8, 4) is 0 Å². The Morgan fingerprint density at radius 3 is 2.56 bits per heavy atom. The molecule has 0 radical (unpaired) electrons. The van der Waals surface area contributed by atoms with Gasteiger partial charge in [0.15, 0.2) is 0 Å². The van der Waals surface area contributed by atoms with E-state index >= 15 is 0 Å². The van der Waals surface area contributed by atoms with E-state index in [9.17, 15) is 5.11 Å². The van der Waals surface area contributed by atoms with Crippen LogP contribution in [0.5, 0.6) is 0 Å². The van der Waals surface area contributed by atoms with Crippen molar-refractivity contribution in [2.75, 3.05) is 0 Å². The lowest BCUT2D eigenvalue weighted by molar-refractivity contribution is 0.195. The van der Waals surface area contributed by atoms with E-state index in [4.69, 9.17) is 0 Å². The molecule has 1 N–H and O–H groups in total. The number of aliphatic hydroxyl groups is 1. The van der Waals surface area contributed by atoms with Gasteiger partial charge < -0.3 is 5.11 Å². The van der Waals surface area contributed by atoms with Gasteiger partial charge >= 0.3 is 0 Å². The summed E-state index contributed by atoms with van der Waals surface area (Å²) < 4.78 is 0. The Morgan fingerprint density at radius 1 is 1.25 bits per heavy atom. The first-order chi connectivity index (χ1) is 7.50. The van der Waals surface area contributed by atoms with Crippen molar-refractivity contribution in [3.05, 3.63) is 36.5 Å². The van der Waals surface area contributed by atoms with Crippen LogP contribution in [0.2, 0.25) is 0 Å². The van der Waals surface area contributed by atoms with Crippen LogP contribution in [-0.4, -0.2) is 11.2 Å². The molecule has 1 aliphatic rings. The highest BCUT2D eigenvalue weighted by Gasteiger charge is 2.15. The summed E-state index contributed by atoms with van der Waals surface area (Å²) in [6.45, 7) is 12.5. The van der Waals surface area contributed by atoms with Gasteiger partial charge in [0.25, 0.3) is 0 Å². The van der Waals surface area contributed by atoms with Crippen molar-refractivity contribution in [1.29, 1.82) is 0 Å². The highest BCUT2D eigenvalue weighted by atomic mass is 16.3. The zero-order chi connectivity index (χ0) is 12.1. The predicted octanol–water partition coefficient (Wildman–Crippen LogP) is 3.86. The molecular weight excluding hydrogens is 196 g/mol. The zero-order valence-electron chi connectivity index (χ0n) is 10.6. The maximum Gasteiger partial charge on any atom is 0.0750 e. The molecule has 0 aromatic rings. The van der Waals surface area contributed by atoms with Gasteiger partial charge in [-0.05, 0) is 43.1 Å². The van der Waals surface area contributed by atoms with Crippen LogP contribution in [0.15, 0.2) is 36.5 Å². The second-order valence-corrected chi connectivity index (χ2v) is 5.18. The van der Waals surface area contributed by atoms with Gasteiger partial charge in [0, 0.05) is 0 Å². The summed E-state index contributed by atoms with van der Waals surface area (Å²) in [5.74, 6) is 1.20. The second-order valence-electron chi connectivity index (χ2n) is 5.18. The molecule has 0 amide bonds. The van der Waals surface area contributed by atoms with Crippen molar-refractivity contribution < 1.29 is 5.11 Å². The van der Waals surface area contributed by atoms with Gasteiger partial charge in [0.1, 0.15) is 0 Å². The molecule has 0 aromatic carbocycles. The van der Waals surface area contributed by atoms with E-state index in [1.807, 2.05) is 0 Å². The first-order valence-corrected chi connectivity index (χ1v) is 6.22. The van der Waals surface area contributed by atoms with E-state index < -0.39 is 0 Å². The number of rotatable bonds is 1. The molecule has 0 heterocycles. The van der Waals surface area contributed by atoms with Crippen LogP contribution in [0.1, 0.15) is 39.5 Å². The van der Waals surface area contributed by atoms with Gasteiger partial charge in [-0.25, -0.2) is 0 Å². The Bertz CT molecular complexity index is 286. The van der Waals surface area contributed by atoms with Crippen LogP contribution in [0.3, 0.4) is 0 Å². The molecule has 1 nitrogen and oxygen atoms in total. The molecule has 0 saturated carbocycles. The Hall–Kier alpha value is -0.820. The van der Waals surface area contributed by atoms with E-state index in [1.165, 1.54) is 0 Å². The molecule has 0 spiro atoms. The fraction of sp³-hybridized carbons (Fsp3) is 0.600. The van der Waals surface area contributed by atoms with Crippen molar-refractivity contribution in [3.63, 3.8) is 0 Å². The lowest BCUT2D eigenvalue weighted by atomic mass is 9.86. The van der Waals surface area contributed by atoms with E-state index in [2.05, 4.69) is 39.2 Å². The third-order valence-electron chi connectivity index (χ3n) is 3.44. The standard InChI is InChI=1S/C15H24O/c1-11(2)14-8-5-12(3)6-10-15(16)13(4)7-9-14/h5,8,11,14-16H,3-4,6-7,9-10H2,1-2H3/b8-5-/t14-,15+/m0/s1. The molecule has 0 fully saturated rings. The first-order valence-electron chi connectivity index (χ1n) is 6.22. The minimum atomic E-state index is -0.351. The molecule has 0 unspecified atom stereocenters. The molecule has 1 heteroatoms. The van der Waals surface area contributed by atoms with Crippen LogP contribution in [0, 0.1) is 11.8 Å². The Morgan fingerprint density at radius 2 is 1.94 bits per heavy atom. The summed E-state index contributed by atoms with van der Waals surface area (Å²) in [5, 5.41) is 9.88. The molecular formula is C15H24O. The highest BCUT2D eigenvalue weighted by Crippen LogP contribution is 2.25. The highest BCUT2D eigenvalue weighted by molar-refractivity contribution is 5.17. The molecule has 90 valence electrons. The number of aliphatic hydroxyl groups excluding tert-OH is 1. The van der Waals surface area contributed by atoms with Crippen LogP contribution >= 0.6 is 0 Å². The van der Waals surface area contributed by atoms with E-state index in [-0.39, 0.29) is 6.10 Å². The average Bonchev–Trinajstić information content (AvgIpc) is 2.23. The monoisotopic (exact) mass is 220 g/mol. The van der Waals surface area contributed by atoms with E-state index in [0.29, 0.717) is 11.8 Å². The summed E-state index contributed by atoms with van der Waals surface area (Å²) in [4.78, 5) is 0. The third kappa shape index (κ3) is 3.97. The van der Waals surface area contributed by atoms with Crippen molar-refractivity contribution in [2.24, 2.45) is 11.8 Å². The van der Waals surface area contributed by atoms with E-state index in [1.54, 1.807) is 0 Å². The third-order valence-corrected chi connectivity index (χ3v) is 3.44. The van der Waals surface area contributed by atoms with Crippen LogP contribution in [-0.2, 0) is 0 Å². The topological polar surface area (TPSA) is 20.2 Å². The van der Waals surface area contributed by atoms with Gasteiger partial charge in [0.2, 0.25) is 0 Å². The van der Waals surface area contributed by atoms with E-state index in [0.717, 1.165) is 36.8 Å². The fourth-order valence-electron chi connectivity index (χ4n) is 2.04. The van der Waals surface area contributed by atoms with Crippen molar-refractivity contribution >= 4 is 0 Å². The number of hydrogen-bond acceptors (Lipinski definition) is 1. The van der Waals surface area contributed by atoms with Crippen molar-refractivity contribution in [1.82, 2.24) is 0 Å². The van der Waals surface area contributed by atoms with Gasteiger partial charge in [-0.15, -0.1) is 0 Å². The van der Waals surface area contributed by atoms with Crippen LogP contribution in [0.4, 0.5) is 0 Å². The quantitative estimate of drug-likeness (QED) is 0.665. The summed E-state index contributed by atoms with van der Waals surface area (Å²) in [6.07, 6.45) is 7.69. The maximum atomic E-state index is 9.88. The lowest BCUT2D eigenvalue weighted by Crippen LogP contribution is -2.13. The Balaban J connectivity index is 2.75. The molecule has 1 rings (SSSR count). The fourth-order valence-corrected chi connectivity index (χ4v) is 2.04. The summed E-state index contributed by atoms with van der Waals surface area (Å²) in [6, 6.07) is 0. The smallest absolute Gasteiger partial charge is 0.0750 e. The summed E-state index contributed by atoms with van der Waals surface area (Å²) >= 11 is 0. The van der Waals surface area contributed by atoms with Gasteiger partial charge in [-0.2, -0.15) is 0 Å². The molecule has 2 atom stereocenters. The van der Waals surface area contributed by atoms with Gasteiger partial charge in [-0.1, -0.05) is 44.7 Å². The first kappa shape index (κ1) is 13.2. The van der Waals surface area contributed by atoms with Gasteiger partial charge in [-0.3, -0.25) is 0 Å². The van der Waals surface area contributed by atoms with Crippen LogP contribution in [0.25, 0.3) is 0 Å². The van der Waals surface area contributed by atoms with Crippen LogP contribution < -0.4 is 0 Å². The zero-order valence-corrected chi connectivity index (χ0v) is 10.6. The SMILES string of the molecule is C=C1/C=C\[C@H](C(C)C)CCC(=C)[C@H](O)CC1. The molecule has 0 aliphatic heterocycles. The molecule has 0 bridgehead atoms. The largest absolute Gasteiger partial charge is 0.389 e. The number of hydrogen-bond donors (Lipinski definition) is 1.